The molecule has 0 saturated heterocycles. The third kappa shape index (κ3) is 3.69. The number of pyridine rings is 2. The van der Waals surface area contributed by atoms with E-state index in [1.165, 1.54) is 31.7 Å². The lowest BCUT2D eigenvalue weighted by Crippen LogP contribution is -2.33. The summed E-state index contributed by atoms with van der Waals surface area (Å²) in [5.41, 5.74) is 13.0. The highest BCUT2D eigenvalue weighted by Crippen LogP contribution is 2.63. The lowest BCUT2D eigenvalue weighted by atomic mass is 9.67. The van der Waals surface area contributed by atoms with Gasteiger partial charge in [-0.2, -0.15) is 0 Å². The molecule has 12 rings (SSSR count). The maximum atomic E-state index is 7.80. The summed E-state index contributed by atoms with van der Waals surface area (Å²) in [5.74, 6) is 0. The molecule has 1 unspecified atom stereocenters. The summed E-state index contributed by atoms with van der Waals surface area (Å²) in [6.07, 6.45) is 3.91. The Morgan fingerprint density at radius 1 is 0.519 bits per heavy atom. The maximum absolute atomic E-state index is 7.80. The van der Waals surface area contributed by atoms with Gasteiger partial charge in [-0.25, -0.2) is 4.85 Å². The number of rotatable bonds is 2. The summed E-state index contributed by atoms with van der Waals surface area (Å²) >= 11 is 1.83. The van der Waals surface area contributed by atoms with Crippen molar-refractivity contribution in [3.8, 4) is 22.8 Å². The predicted octanol–water partition coefficient (Wildman–Crippen LogP) is 12.0. The Labute approximate surface area is 314 Å². The Hall–Kier alpha value is -6.94. The van der Waals surface area contributed by atoms with Gasteiger partial charge in [0.05, 0.1) is 63.0 Å². The van der Waals surface area contributed by atoms with E-state index < -0.39 is 5.41 Å². The van der Waals surface area contributed by atoms with Crippen LogP contribution in [0.4, 0.5) is 5.69 Å². The zero-order valence-corrected chi connectivity index (χ0v) is 29.5. The minimum absolute atomic E-state index is 0.634. The molecule has 2 aliphatic rings. The summed E-state index contributed by atoms with van der Waals surface area (Å²) in [6, 6.07) is 54.2. The largest absolute Gasteiger partial charge is 0.309 e. The number of para-hydroxylation sites is 3. The molecule has 0 radical (unpaired) electrons. The molecule has 0 amide bonds. The van der Waals surface area contributed by atoms with Crippen molar-refractivity contribution in [2.75, 3.05) is 0 Å². The highest BCUT2D eigenvalue weighted by atomic mass is 32.2. The molecule has 1 atom stereocenters. The minimum atomic E-state index is -0.734. The van der Waals surface area contributed by atoms with Crippen LogP contribution < -0.4 is 0 Å². The smallest absolute Gasteiger partial charge is 0.188 e. The van der Waals surface area contributed by atoms with E-state index in [0.29, 0.717) is 5.69 Å². The third-order valence-corrected chi connectivity index (χ3v) is 12.6. The Kier molecular flexibility index (Phi) is 5.92. The van der Waals surface area contributed by atoms with Gasteiger partial charge in [0.2, 0.25) is 0 Å². The number of benzene rings is 6. The summed E-state index contributed by atoms with van der Waals surface area (Å²) in [7, 11) is 0. The van der Waals surface area contributed by atoms with E-state index in [4.69, 9.17) is 16.5 Å². The van der Waals surface area contributed by atoms with Crippen molar-refractivity contribution < 1.29 is 0 Å². The Balaban J connectivity index is 1.24. The van der Waals surface area contributed by atoms with Gasteiger partial charge in [-0.3, -0.25) is 9.97 Å². The van der Waals surface area contributed by atoms with E-state index in [1.54, 1.807) is 0 Å². The van der Waals surface area contributed by atoms with Gasteiger partial charge in [-0.05, 0) is 77.2 Å². The Morgan fingerprint density at radius 3 is 1.93 bits per heavy atom. The van der Waals surface area contributed by atoms with Crippen LogP contribution >= 0.6 is 11.8 Å². The Bertz CT molecular complexity index is 3240. The van der Waals surface area contributed by atoms with Crippen molar-refractivity contribution in [3.05, 3.63) is 198 Å². The van der Waals surface area contributed by atoms with Crippen LogP contribution in [0.1, 0.15) is 22.3 Å². The van der Waals surface area contributed by atoms with Gasteiger partial charge in [0.15, 0.2) is 5.69 Å². The topological polar surface area (TPSA) is 40.0 Å². The molecule has 1 aliphatic heterocycles. The molecular weight excluding hydrogens is 679 g/mol. The van der Waals surface area contributed by atoms with Gasteiger partial charge in [0.25, 0.3) is 0 Å². The lowest BCUT2D eigenvalue weighted by Gasteiger charge is -2.40. The molecule has 250 valence electrons. The molecule has 1 aliphatic carbocycles. The highest BCUT2D eigenvalue weighted by molar-refractivity contribution is 7.99. The second-order valence-corrected chi connectivity index (χ2v) is 15.1. The monoisotopic (exact) mass is 705 g/mol. The molecule has 10 aromatic rings. The molecular formula is C48H27N5S. The Morgan fingerprint density at radius 2 is 1.15 bits per heavy atom. The van der Waals surface area contributed by atoms with Crippen molar-refractivity contribution >= 4 is 61.1 Å². The molecule has 1 spiro atoms. The first-order valence-electron chi connectivity index (χ1n) is 18.0. The molecule has 0 N–H and O–H groups in total. The van der Waals surface area contributed by atoms with Gasteiger partial charge in [-0.15, -0.1) is 0 Å². The first kappa shape index (κ1) is 29.6. The third-order valence-electron chi connectivity index (χ3n) is 11.5. The van der Waals surface area contributed by atoms with Crippen LogP contribution in [0.5, 0.6) is 0 Å². The molecule has 5 nitrogen and oxygen atoms in total. The van der Waals surface area contributed by atoms with Crippen molar-refractivity contribution in [3.63, 3.8) is 0 Å². The quantitative estimate of drug-likeness (QED) is 0.168. The van der Waals surface area contributed by atoms with Crippen LogP contribution in [0.15, 0.2) is 174 Å². The SMILES string of the molecule is [C-]#[N+]c1ccc2c(c1)c1ccccc1n2-c1cccc2c1C1(c3ccccc3S2)c2cccnc2-c2ncc(-n3c4ccccc4c4ccccc43)cc21. The van der Waals surface area contributed by atoms with Crippen LogP contribution in [-0.2, 0) is 5.41 Å². The zero-order valence-electron chi connectivity index (χ0n) is 28.7. The molecule has 0 saturated carbocycles. The van der Waals surface area contributed by atoms with E-state index in [-0.39, 0.29) is 0 Å². The fourth-order valence-corrected chi connectivity index (χ4v) is 10.6. The molecule has 54 heavy (non-hydrogen) atoms. The molecule has 6 aromatic carbocycles. The summed E-state index contributed by atoms with van der Waals surface area (Å²) < 4.78 is 4.77. The van der Waals surface area contributed by atoms with E-state index >= 15 is 0 Å². The molecule has 6 heteroatoms. The summed E-state index contributed by atoms with van der Waals surface area (Å²) in [5, 5.41) is 4.62. The standard InChI is InChI=1S/C48H27N5S/c1-49-29-23-24-41-34(26-29)33-14-4-8-19-40(33)53(41)42-20-10-22-44-45(42)48(35-15-5-9-21-43(35)54-44)36-16-11-25-50-46(36)47-37(48)27-30(28-51-47)52-38-17-6-2-12-31(38)32-13-3-7-18-39(32)52/h2-28H. The van der Waals surface area contributed by atoms with Crippen LogP contribution in [0, 0.1) is 6.57 Å². The fourth-order valence-electron chi connectivity index (χ4n) is 9.43. The molecule has 0 bridgehead atoms. The van der Waals surface area contributed by atoms with Crippen molar-refractivity contribution in [2.45, 2.75) is 15.2 Å². The average Bonchev–Trinajstić information content (AvgIpc) is 3.85. The molecule has 5 heterocycles. The summed E-state index contributed by atoms with van der Waals surface area (Å²) in [4.78, 5) is 16.7. The average molecular weight is 706 g/mol. The number of aromatic nitrogens is 4. The summed E-state index contributed by atoms with van der Waals surface area (Å²) in [6.45, 7) is 7.80. The zero-order chi connectivity index (χ0) is 35.5. The first-order valence-corrected chi connectivity index (χ1v) is 18.8. The van der Waals surface area contributed by atoms with Crippen LogP contribution in [0.25, 0.3) is 71.2 Å². The van der Waals surface area contributed by atoms with Crippen LogP contribution in [0.3, 0.4) is 0 Å². The van der Waals surface area contributed by atoms with Gasteiger partial charge >= 0.3 is 0 Å². The maximum Gasteiger partial charge on any atom is 0.188 e. The second kappa shape index (κ2) is 10.8. The van der Waals surface area contributed by atoms with E-state index in [1.807, 2.05) is 36.3 Å². The van der Waals surface area contributed by atoms with E-state index in [9.17, 15) is 0 Å². The van der Waals surface area contributed by atoms with Gasteiger partial charge in [-0.1, -0.05) is 103 Å². The van der Waals surface area contributed by atoms with Crippen LogP contribution in [-0.4, -0.2) is 19.1 Å². The fraction of sp³-hybridized carbons (Fsp3) is 0.0208. The number of hydrogen-bond donors (Lipinski definition) is 0. The number of fused-ring (bicyclic) bond motifs is 15. The van der Waals surface area contributed by atoms with Crippen molar-refractivity contribution in [1.29, 1.82) is 0 Å². The van der Waals surface area contributed by atoms with E-state index in [0.717, 1.165) is 66.7 Å². The predicted molar refractivity (Wildman–Crippen MR) is 218 cm³/mol. The van der Waals surface area contributed by atoms with Gasteiger partial charge in [0, 0.05) is 43.3 Å². The lowest BCUT2D eigenvalue weighted by molar-refractivity contribution is 0.712. The van der Waals surface area contributed by atoms with Gasteiger partial charge < -0.3 is 9.13 Å². The number of hydrogen-bond acceptors (Lipinski definition) is 3. The highest BCUT2D eigenvalue weighted by Gasteiger charge is 2.53. The first-order chi connectivity index (χ1) is 26.8. The molecule has 4 aromatic heterocycles. The van der Waals surface area contributed by atoms with Gasteiger partial charge in [0.1, 0.15) is 0 Å². The minimum Gasteiger partial charge on any atom is -0.309 e. The van der Waals surface area contributed by atoms with Crippen molar-refractivity contribution in [2.24, 2.45) is 0 Å². The normalized spacial score (nSPS) is 15.4. The van der Waals surface area contributed by atoms with Crippen LogP contribution in [0.2, 0.25) is 0 Å². The molecule has 0 fully saturated rings. The van der Waals surface area contributed by atoms with E-state index in [2.05, 4.69) is 154 Å². The second-order valence-electron chi connectivity index (χ2n) is 14.0. The van der Waals surface area contributed by atoms with Crippen molar-refractivity contribution in [1.82, 2.24) is 19.1 Å². The number of nitrogens with zero attached hydrogens (tertiary/aromatic N) is 5.